The molecule has 1 N–H and O–H groups in total. The molecule has 92 valence electrons. The number of aromatic nitrogens is 3. The fraction of sp³-hybridized carbons (Fsp3) is 0. The van der Waals surface area contributed by atoms with Crippen LogP contribution in [0.2, 0.25) is 10.4 Å². The average molecular weight is 287 g/mol. The van der Waals surface area contributed by atoms with Crippen LogP contribution < -0.4 is 5.32 Å². The summed E-state index contributed by atoms with van der Waals surface area (Å²) in [4.78, 5) is 22.7. The summed E-state index contributed by atoms with van der Waals surface area (Å²) in [5, 5.41) is 2.39. The van der Waals surface area contributed by atoms with Gasteiger partial charge in [0, 0.05) is 12.3 Å². The molecule has 5 nitrogen and oxygen atoms in total. The molecule has 0 aliphatic carbocycles. The van der Waals surface area contributed by atoms with E-state index in [1.807, 2.05) is 0 Å². The van der Waals surface area contributed by atoms with Gasteiger partial charge in [0.15, 0.2) is 0 Å². The van der Waals surface area contributed by atoms with Crippen molar-refractivity contribution in [3.63, 3.8) is 0 Å². The molecule has 18 heavy (non-hydrogen) atoms. The van der Waals surface area contributed by atoms with Crippen molar-refractivity contribution >= 4 is 34.9 Å². The highest BCUT2D eigenvalue weighted by Crippen LogP contribution is 2.15. The monoisotopic (exact) mass is 286 g/mol. The standard InChI is InChI=1S/C10H5Cl2FN4O/c11-7-2-8(17-10(12)15-7)16-9(18)5-1-6(13)4-14-3-5/h1-4H,(H,15,16,17,18). The van der Waals surface area contributed by atoms with Crippen LogP contribution in [0.5, 0.6) is 0 Å². The van der Waals surface area contributed by atoms with Gasteiger partial charge in [0.05, 0.1) is 11.8 Å². The van der Waals surface area contributed by atoms with Gasteiger partial charge in [-0.25, -0.2) is 14.4 Å². The summed E-state index contributed by atoms with van der Waals surface area (Å²) in [5.41, 5.74) is 0.0563. The molecule has 8 heteroatoms. The Morgan fingerprint density at radius 3 is 2.67 bits per heavy atom. The van der Waals surface area contributed by atoms with Crippen molar-refractivity contribution in [2.24, 2.45) is 0 Å². The van der Waals surface area contributed by atoms with Gasteiger partial charge in [-0.05, 0) is 17.7 Å². The van der Waals surface area contributed by atoms with Crippen LogP contribution in [-0.4, -0.2) is 20.9 Å². The highest BCUT2D eigenvalue weighted by Gasteiger charge is 2.09. The minimum absolute atomic E-state index is 0.0563. The fourth-order valence-electron chi connectivity index (χ4n) is 1.18. The Hall–Kier alpha value is -1.79. The predicted molar refractivity (Wildman–Crippen MR) is 64.2 cm³/mol. The van der Waals surface area contributed by atoms with Crippen LogP contribution >= 0.6 is 23.2 Å². The number of anilines is 1. The van der Waals surface area contributed by atoms with Crippen LogP contribution in [0.25, 0.3) is 0 Å². The van der Waals surface area contributed by atoms with Crippen molar-refractivity contribution in [3.05, 3.63) is 46.3 Å². The topological polar surface area (TPSA) is 67.8 Å². The molecule has 0 bridgehead atoms. The van der Waals surface area contributed by atoms with E-state index in [2.05, 4.69) is 20.3 Å². The number of nitrogens with one attached hydrogen (secondary N) is 1. The third-order valence-corrected chi connectivity index (χ3v) is 2.24. The molecule has 0 atom stereocenters. The third-order valence-electron chi connectivity index (χ3n) is 1.88. The van der Waals surface area contributed by atoms with Gasteiger partial charge in [0.1, 0.15) is 16.8 Å². The maximum atomic E-state index is 12.9. The number of carbonyl (C=O) groups excluding carboxylic acids is 1. The van der Waals surface area contributed by atoms with Gasteiger partial charge in [-0.15, -0.1) is 0 Å². The first-order valence-electron chi connectivity index (χ1n) is 4.66. The SMILES string of the molecule is O=C(Nc1cc(Cl)nc(Cl)n1)c1cncc(F)c1. The lowest BCUT2D eigenvalue weighted by atomic mass is 10.2. The van der Waals surface area contributed by atoms with E-state index < -0.39 is 11.7 Å². The molecular weight excluding hydrogens is 282 g/mol. The van der Waals surface area contributed by atoms with Gasteiger partial charge < -0.3 is 5.32 Å². The Kier molecular flexibility index (Phi) is 3.69. The van der Waals surface area contributed by atoms with E-state index in [-0.39, 0.29) is 21.8 Å². The Labute approximate surface area is 111 Å². The van der Waals surface area contributed by atoms with Crippen LogP contribution in [0.3, 0.4) is 0 Å². The van der Waals surface area contributed by atoms with E-state index in [1.54, 1.807) is 0 Å². The lowest BCUT2D eigenvalue weighted by Crippen LogP contribution is -2.13. The maximum Gasteiger partial charge on any atom is 0.258 e. The Balaban J connectivity index is 2.21. The highest BCUT2D eigenvalue weighted by molar-refractivity contribution is 6.32. The van der Waals surface area contributed by atoms with E-state index in [0.29, 0.717) is 0 Å². The minimum Gasteiger partial charge on any atom is -0.306 e. The molecule has 0 spiro atoms. The quantitative estimate of drug-likeness (QED) is 0.681. The zero-order valence-corrected chi connectivity index (χ0v) is 10.2. The van der Waals surface area contributed by atoms with E-state index in [0.717, 1.165) is 12.3 Å². The molecular formula is C10H5Cl2FN4O. The average Bonchev–Trinajstić information content (AvgIpc) is 2.27. The molecule has 0 aliphatic rings. The van der Waals surface area contributed by atoms with Gasteiger partial charge in [-0.3, -0.25) is 9.78 Å². The molecule has 0 aromatic carbocycles. The van der Waals surface area contributed by atoms with E-state index >= 15 is 0 Å². The summed E-state index contributed by atoms with van der Waals surface area (Å²) in [6.07, 6.45) is 2.22. The van der Waals surface area contributed by atoms with E-state index in [4.69, 9.17) is 23.2 Å². The summed E-state index contributed by atoms with van der Waals surface area (Å²) >= 11 is 11.2. The minimum atomic E-state index is -0.610. The first-order valence-corrected chi connectivity index (χ1v) is 5.42. The number of pyridine rings is 1. The number of rotatable bonds is 2. The molecule has 2 heterocycles. The second-order valence-corrected chi connectivity index (χ2v) is 3.92. The predicted octanol–water partition coefficient (Wildman–Crippen LogP) is 2.57. The van der Waals surface area contributed by atoms with E-state index in [9.17, 15) is 9.18 Å². The first kappa shape index (κ1) is 12.7. The lowest BCUT2D eigenvalue weighted by Gasteiger charge is -2.04. The molecule has 0 aliphatic heterocycles. The second kappa shape index (κ2) is 5.24. The zero-order valence-electron chi connectivity index (χ0n) is 8.69. The summed E-state index contributed by atoms with van der Waals surface area (Å²) in [6.45, 7) is 0. The smallest absolute Gasteiger partial charge is 0.258 e. The molecule has 0 saturated heterocycles. The number of nitrogens with zero attached hydrogens (tertiary/aromatic N) is 3. The maximum absolute atomic E-state index is 12.9. The summed E-state index contributed by atoms with van der Waals surface area (Å²) < 4.78 is 12.9. The number of hydrogen-bond acceptors (Lipinski definition) is 4. The molecule has 2 aromatic rings. The van der Waals surface area contributed by atoms with Gasteiger partial charge in [-0.2, -0.15) is 0 Å². The Bertz CT molecular complexity index is 588. The molecule has 2 aromatic heterocycles. The van der Waals surface area contributed by atoms with Crippen molar-refractivity contribution in [1.29, 1.82) is 0 Å². The molecule has 1 amide bonds. The van der Waals surface area contributed by atoms with Gasteiger partial charge in [0.2, 0.25) is 5.28 Å². The normalized spacial score (nSPS) is 10.2. The van der Waals surface area contributed by atoms with Gasteiger partial charge in [0.25, 0.3) is 5.91 Å². The van der Waals surface area contributed by atoms with Crippen molar-refractivity contribution in [2.45, 2.75) is 0 Å². The Morgan fingerprint density at radius 1 is 1.22 bits per heavy atom. The van der Waals surface area contributed by atoms with Crippen LogP contribution in [0, 0.1) is 5.82 Å². The zero-order chi connectivity index (χ0) is 13.1. The third kappa shape index (κ3) is 3.12. The van der Waals surface area contributed by atoms with Gasteiger partial charge >= 0.3 is 0 Å². The summed E-state index contributed by atoms with van der Waals surface area (Å²) in [5.74, 6) is -1.07. The van der Waals surface area contributed by atoms with Crippen LogP contribution in [0.1, 0.15) is 10.4 Å². The van der Waals surface area contributed by atoms with Crippen LogP contribution in [-0.2, 0) is 0 Å². The van der Waals surface area contributed by atoms with Gasteiger partial charge in [-0.1, -0.05) is 11.6 Å². The van der Waals surface area contributed by atoms with Crippen molar-refractivity contribution in [3.8, 4) is 0 Å². The molecule has 2 rings (SSSR count). The van der Waals surface area contributed by atoms with E-state index in [1.165, 1.54) is 12.3 Å². The number of halogens is 3. The molecule has 0 radical (unpaired) electrons. The summed E-state index contributed by atoms with van der Waals surface area (Å²) in [6, 6.07) is 2.37. The molecule has 0 saturated carbocycles. The Morgan fingerprint density at radius 2 is 2.00 bits per heavy atom. The number of hydrogen-bond donors (Lipinski definition) is 1. The van der Waals surface area contributed by atoms with Crippen molar-refractivity contribution < 1.29 is 9.18 Å². The first-order chi connectivity index (χ1) is 8.54. The number of amides is 1. The summed E-state index contributed by atoms with van der Waals surface area (Å²) in [7, 11) is 0. The highest BCUT2D eigenvalue weighted by atomic mass is 35.5. The molecule has 0 fully saturated rings. The number of carbonyl (C=O) groups is 1. The van der Waals surface area contributed by atoms with Crippen molar-refractivity contribution in [1.82, 2.24) is 15.0 Å². The second-order valence-electron chi connectivity index (χ2n) is 3.19. The van der Waals surface area contributed by atoms with Crippen LogP contribution in [0.15, 0.2) is 24.5 Å². The fourth-order valence-corrected chi connectivity index (χ4v) is 1.59. The molecule has 0 unspecified atom stereocenters. The largest absolute Gasteiger partial charge is 0.306 e. The van der Waals surface area contributed by atoms with Crippen molar-refractivity contribution in [2.75, 3.05) is 5.32 Å². The van der Waals surface area contributed by atoms with Crippen LogP contribution in [0.4, 0.5) is 10.2 Å². The lowest BCUT2D eigenvalue weighted by molar-refractivity contribution is 0.102.